The molecule has 1 heterocycles. The van der Waals surface area contributed by atoms with E-state index >= 15 is 0 Å². The molecule has 0 radical (unpaired) electrons. The van der Waals surface area contributed by atoms with Crippen molar-refractivity contribution in [1.29, 1.82) is 0 Å². The molecule has 6 nitrogen and oxygen atoms in total. The molecule has 146 valence electrons. The third-order valence-electron chi connectivity index (χ3n) is 5.17. The summed E-state index contributed by atoms with van der Waals surface area (Å²) in [6.07, 6.45) is 2.40. The van der Waals surface area contributed by atoms with Gasteiger partial charge in [-0.3, -0.25) is 14.4 Å². The molecule has 0 spiro atoms. The molecule has 6 heteroatoms. The summed E-state index contributed by atoms with van der Waals surface area (Å²) in [5, 5.41) is 0. The van der Waals surface area contributed by atoms with E-state index < -0.39 is 0 Å². The zero-order valence-electron chi connectivity index (χ0n) is 16.1. The van der Waals surface area contributed by atoms with Gasteiger partial charge in [0.15, 0.2) is 0 Å². The highest BCUT2D eigenvalue weighted by molar-refractivity contribution is 5.90. The number of rotatable bonds is 8. The van der Waals surface area contributed by atoms with E-state index in [-0.39, 0.29) is 36.7 Å². The molecule has 2 fully saturated rings. The highest BCUT2D eigenvalue weighted by Gasteiger charge is 2.38. The molecule has 2 amide bonds. The number of aryl methyl sites for hydroxylation is 1. The van der Waals surface area contributed by atoms with Crippen LogP contribution in [0.4, 0.5) is 0 Å². The molecule has 1 aromatic rings. The van der Waals surface area contributed by atoms with Crippen molar-refractivity contribution >= 4 is 17.8 Å². The molecule has 1 aliphatic carbocycles. The Morgan fingerprint density at radius 1 is 1.22 bits per heavy atom. The Hall–Kier alpha value is -2.37. The Kier molecular flexibility index (Phi) is 6.14. The quantitative estimate of drug-likeness (QED) is 0.656. The van der Waals surface area contributed by atoms with Gasteiger partial charge in [0, 0.05) is 26.1 Å². The van der Waals surface area contributed by atoms with Crippen LogP contribution in [-0.2, 0) is 25.7 Å². The number of amides is 2. The Balaban J connectivity index is 1.61. The molecular formula is C21H28N2O4. The summed E-state index contributed by atoms with van der Waals surface area (Å²) in [4.78, 5) is 40.6. The number of carbonyl (C=O) groups excluding carboxylic acids is 3. The normalized spacial score (nSPS) is 19.3. The summed E-state index contributed by atoms with van der Waals surface area (Å²) < 4.78 is 5.01. The van der Waals surface area contributed by atoms with Crippen molar-refractivity contribution < 1.29 is 19.1 Å². The average Bonchev–Trinajstić information content (AvgIpc) is 3.38. The molecule has 27 heavy (non-hydrogen) atoms. The number of benzene rings is 1. The van der Waals surface area contributed by atoms with Crippen molar-refractivity contribution in [3.8, 4) is 0 Å². The fourth-order valence-corrected chi connectivity index (χ4v) is 3.47. The number of esters is 1. The second-order valence-electron chi connectivity index (χ2n) is 7.63. The van der Waals surface area contributed by atoms with Crippen LogP contribution < -0.4 is 0 Å². The average molecular weight is 372 g/mol. The molecule has 3 rings (SSSR count). The van der Waals surface area contributed by atoms with E-state index in [9.17, 15) is 14.4 Å². The number of carbonyl (C=O) groups is 3. The second-order valence-corrected chi connectivity index (χ2v) is 7.63. The number of hydrogen-bond acceptors (Lipinski definition) is 4. The maximum atomic E-state index is 13.0. The molecule has 0 aromatic heterocycles. The Labute approximate surface area is 160 Å². The first-order valence-corrected chi connectivity index (χ1v) is 9.74. The lowest BCUT2D eigenvalue weighted by Gasteiger charge is -2.25. The fraction of sp³-hybridized carbons (Fsp3) is 0.571. The maximum Gasteiger partial charge on any atom is 0.325 e. The van der Waals surface area contributed by atoms with Gasteiger partial charge >= 0.3 is 5.97 Å². The van der Waals surface area contributed by atoms with Crippen molar-refractivity contribution in [3.05, 3.63) is 35.4 Å². The number of nitrogens with zero attached hydrogens (tertiary/aromatic N) is 2. The van der Waals surface area contributed by atoms with E-state index in [1.807, 2.05) is 31.2 Å². The first-order chi connectivity index (χ1) is 13.0. The number of likely N-dealkylation sites (tertiary alicyclic amines) is 1. The van der Waals surface area contributed by atoms with Gasteiger partial charge < -0.3 is 14.5 Å². The van der Waals surface area contributed by atoms with Gasteiger partial charge in [0.1, 0.15) is 6.54 Å². The third-order valence-corrected chi connectivity index (χ3v) is 5.17. The summed E-state index contributed by atoms with van der Waals surface area (Å²) in [7, 11) is 0. The summed E-state index contributed by atoms with van der Waals surface area (Å²) in [6.45, 7) is 5.57. The highest BCUT2D eigenvalue weighted by atomic mass is 16.5. The molecular weight excluding hydrogens is 344 g/mol. The molecule has 2 aliphatic rings. The molecule has 0 N–H and O–H groups in total. The van der Waals surface area contributed by atoms with Gasteiger partial charge in [-0.2, -0.15) is 0 Å². The van der Waals surface area contributed by atoms with E-state index in [2.05, 4.69) is 0 Å². The van der Waals surface area contributed by atoms with Gasteiger partial charge in [-0.05, 0) is 38.2 Å². The van der Waals surface area contributed by atoms with Crippen molar-refractivity contribution in [2.45, 2.75) is 39.7 Å². The first-order valence-electron chi connectivity index (χ1n) is 9.74. The minimum Gasteiger partial charge on any atom is -0.465 e. The van der Waals surface area contributed by atoms with Crippen molar-refractivity contribution in [3.63, 3.8) is 0 Å². The van der Waals surface area contributed by atoms with Gasteiger partial charge in [-0.15, -0.1) is 0 Å². The number of ether oxygens (including phenoxy) is 1. The molecule has 1 aromatic carbocycles. The predicted octanol–water partition coefficient (Wildman–Crippen LogP) is 2.15. The SMILES string of the molecule is CCOC(=O)CN(CC1CC1)C(=O)C1CC(=O)N(Cc2ccc(C)cc2)C1. The maximum absolute atomic E-state index is 13.0. The van der Waals surface area contributed by atoms with Crippen molar-refractivity contribution in [2.24, 2.45) is 11.8 Å². The van der Waals surface area contributed by atoms with E-state index in [4.69, 9.17) is 4.74 Å². The fourth-order valence-electron chi connectivity index (χ4n) is 3.47. The van der Waals surface area contributed by atoms with Crippen LogP contribution in [-0.4, -0.2) is 53.8 Å². The lowest BCUT2D eigenvalue weighted by Crippen LogP contribution is -2.42. The lowest BCUT2D eigenvalue weighted by molar-refractivity contribution is -0.150. The van der Waals surface area contributed by atoms with Gasteiger partial charge in [0.2, 0.25) is 11.8 Å². The molecule has 1 unspecified atom stereocenters. The van der Waals surface area contributed by atoms with Crippen LogP contribution in [0.3, 0.4) is 0 Å². The standard InChI is InChI=1S/C21H28N2O4/c1-3-27-20(25)14-23(12-17-8-9-17)21(26)18-10-19(24)22(13-18)11-16-6-4-15(2)5-7-16/h4-7,17-18H,3,8-14H2,1-2H3. The van der Waals surface area contributed by atoms with Crippen LogP contribution in [0.15, 0.2) is 24.3 Å². The van der Waals surface area contributed by atoms with Crippen LogP contribution in [0.2, 0.25) is 0 Å². The second kappa shape index (κ2) is 8.55. The smallest absolute Gasteiger partial charge is 0.325 e. The summed E-state index contributed by atoms with van der Waals surface area (Å²) in [6, 6.07) is 8.07. The lowest BCUT2D eigenvalue weighted by atomic mass is 10.1. The van der Waals surface area contributed by atoms with Crippen LogP contribution >= 0.6 is 0 Å². The molecule has 1 saturated carbocycles. The Bertz CT molecular complexity index is 697. The number of hydrogen-bond donors (Lipinski definition) is 0. The van der Waals surface area contributed by atoms with Crippen molar-refractivity contribution in [2.75, 3.05) is 26.2 Å². The van der Waals surface area contributed by atoms with Crippen molar-refractivity contribution in [1.82, 2.24) is 9.80 Å². The monoisotopic (exact) mass is 372 g/mol. The summed E-state index contributed by atoms with van der Waals surface area (Å²) in [5.41, 5.74) is 2.23. The van der Waals surface area contributed by atoms with E-state index in [0.717, 1.165) is 18.4 Å². The zero-order chi connectivity index (χ0) is 19.4. The van der Waals surface area contributed by atoms with E-state index in [1.54, 1.807) is 16.7 Å². The minimum atomic E-state index is -0.382. The first kappa shape index (κ1) is 19.4. The summed E-state index contributed by atoms with van der Waals surface area (Å²) >= 11 is 0. The van der Waals surface area contributed by atoms with E-state index in [1.165, 1.54) is 5.56 Å². The zero-order valence-corrected chi connectivity index (χ0v) is 16.1. The third kappa shape index (κ3) is 5.31. The Morgan fingerprint density at radius 2 is 1.93 bits per heavy atom. The van der Waals surface area contributed by atoms with Gasteiger partial charge in [0.25, 0.3) is 0 Å². The minimum absolute atomic E-state index is 0.00330. The molecule has 1 saturated heterocycles. The van der Waals surface area contributed by atoms with Gasteiger partial charge in [-0.25, -0.2) is 0 Å². The Morgan fingerprint density at radius 3 is 2.56 bits per heavy atom. The topological polar surface area (TPSA) is 66.9 Å². The van der Waals surface area contributed by atoms with Gasteiger partial charge in [0.05, 0.1) is 12.5 Å². The van der Waals surface area contributed by atoms with Crippen LogP contribution in [0.1, 0.15) is 37.3 Å². The van der Waals surface area contributed by atoms with Crippen LogP contribution in [0, 0.1) is 18.8 Å². The summed E-state index contributed by atoms with van der Waals surface area (Å²) in [5.74, 6) is -0.390. The van der Waals surface area contributed by atoms with Crippen LogP contribution in [0.5, 0.6) is 0 Å². The molecule has 0 bridgehead atoms. The highest BCUT2D eigenvalue weighted by Crippen LogP contribution is 2.31. The molecule has 1 atom stereocenters. The molecule has 1 aliphatic heterocycles. The van der Waals surface area contributed by atoms with E-state index in [0.29, 0.717) is 32.2 Å². The van der Waals surface area contributed by atoms with Gasteiger partial charge in [-0.1, -0.05) is 29.8 Å². The largest absolute Gasteiger partial charge is 0.465 e. The predicted molar refractivity (Wildman–Crippen MR) is 101 cm³/mol. The van der Waals surface area contributed by atoms with Crippen LogP contribution in [0.25, 0.3) is 0 Å².